The number of aryl methyl sites for hydroxylation is 1. The summed E-state index contributed by atoms with van der Waals surface area (Å²) in [5.74, 6) is 1.19. The summed E-state index contributed by atoms with van der Waals surface area (Å²) in [6.07, 6.45) is 4.90. The van der Waals surface area contributed by atoms with Crippen LogP contribution in [0.1, 0.15) is 55.5 Å². The number of aromatic nitrogens is 4. The molecular formula is C30H38FN7O2. The van der Waals surface area contributed by atoms with Crippen molar-refractivity contribution in [1.29, 1.82) is 0 Å². The minimum atomic E-state index is -0.693. The number of halogens is 1. The molecule has 0 amide bonds. The van der Waals surface area contributed by atoms with Gasteiger partial charge in [-0.2, -0.15) is 5.10 Å². The van der Waals surface area contributed by atoms with Gasteiger partial charge >= 0.3 is 0 Å². The molecule has 0 bridgehead atoms. The Morgan fingerprint density at radius 3 is 2.50 bits per heavy atom. The molecule has 1 N–H and O–H groups in total. The second kappa shape index (κ2) is 12.2. The molecule has 2 aliphatic rings. The van der Waals surface area contributed by atoms with Gasteiger partial charge in [0.2, 0.25) is 5.88 Å². The second-order valence-corrected chi connectivity index (χ2v) is 10.7. The highest BCUT2D eigenvalue weighted by Gasteiger charge is 2.28. The van der Waals surface area contributed by atoms with Crippen molar-refractivity contribution in [3.8, 4) is 17.1 Å². The van der Waals surface area contributed by atoms with Crippen LogP contribution in [0.2, 0.25) is 0 Å². The van der Waals surface area contributed by atoms with Gasteiger partial charge in [0.05, 0.1) is 17.4 Å². The predicted molar refractivity (Wildman–Crippen MR) is 155 cm³/mol. The molecule has 0 atom stereocenters. The van der Waals surface area contributed by atoms with Crippen LogP contribution in [0.25, 0.3) is 17.3 Å². The van der Waals surface area contributed by atoms with Crippen LogP contribution in [0.4, 0.5) is 4.39 Å². The molecular weight excluding hydrogens is 509 g/mol. The van der Waals surface area contributed by atoms with Crippen molar-refractivity contribution in [1.82, 2.24) is 29.8 Å². The lowest BCUT2D eigenvalue weighted by molar-refractivity contribution is 0.0591. The van der Waals surface area contributed by atoms with Gasteiger partial charge in [-0.1, -0.05) is 24.3 Å². The topological polar surface area (TPSA) is 89.6 Å². The number of aliphatic imine (C=N–C) groups is 1. The fourth-order valence-corrected chi connectivity index (χ4v) is 5.50. The minimum Gasteiger partial charge on any atom is -0.473 e. The van der Waals surface area contributed by atoms with Crippen LogP contribution in [0, 0.1) is 6.92 Å². The second-order valence-electron chi connectivity index (χ2n) is 10.7. The van der Waals surface area contributed by atoms with Gasteiger partial charge in [-0.3, -0.25) is 14.4 Å². The van der Waals surface area contributed by atoms with Crippen LogP contribution < -0.4 is 15.6 Å². The van der Waals surface area contributed by atoms with E-state index in [2.05, 4.69) is 62.9 Å². The molecule has 1 saturated heterocycles. The molecule has 40 heavy (non-hydrogen) atoms. The third-order valence-corrected chi connectivity index (χ3v) is 7.75. The Hall–Kier alpha value is -3.79. The first kappa shape index (κ1) is 27.8. The number of hydrogen-bond donors (Lipinski definition) is 1. The van der Waals surface area contributed by atoms with Crippen molar-refractivity contribution >= 4 is 12.8 Å². The van der Waals surface area contributed by atoms with Crippen molar-refractivity contribution < 1.29 is 9.13 Å². The summed E-state index contributed by atoms with van der Waals surface area (Å²) in [4.78, 5) is 18.0. The van der Waals surface area contributed by atoms with Crippen molar-refractivity contribution in [2.45, 2.75) is 64.4 Å². The summed E-state index contributed by atoms with van der Waals surface area (Å²) in [5, 5.41) is 12.6. The molecule has 3 heterocycles. The van der Waals surface area contributed by atoms with Crippen LogP contribution >= 0.6 is 0 Å². The molecule has 10 heteroatoms. The number of benzene rings is 1. The van der Waals surface area contributed by atoms with E-state index in [1.807, 2.05) is 13.0 Å². The largest absolute Gasteiger partial charge is 0.473 e. The normalized spacial score (nSPS) is 20.2. The average Bonchev–Trinajstić information content (AvgIpc) is 3.26. The Labute approximate surface area is 234 Å². The highest BCUT2D eigenvalue weighted by molar-refractivity contribution is 5.69. The van der Waals surface area contributed by atoms with Gasteiger partial charge in [0.25, 0.3) is 5.56 Å². The van der Waals surface area contributed by atoms with Gasteiger partial charge < -0.3 is 10.1 Å². The van der Waals surface area contributed by atoms with E-state index in [4.69, 9.17) is 9.84 Å². The molecule has 212 valence electrons. The molecule has 9 nitrogen and oxygen atoms in total. The summed E-state index contributed by atoms with van der Waals surface area (Å²) < 4.78 is 22.8. The summed E-state index contributed by atoms with van der Waals surface area (Å²) in [7, 11) is 1.62. The van der Waals surface area contributed by atoms with Gasteiger partial charge in [-0.25, -0.2) is 14.1 Å². The molecule has 5 rings (SSSR count). The smallest absolute Gasteiger partial charge is 0.266 e. The maximum absolute atomic E-state index is 13.2. The first-order valence-corrected chi connectivity index (χ1v) is 14.0. The van der Waals surface area contributed by atoms with E-state index in [1.54, 1.807) is 13.1 Å². The highest BCUT2D eigenvalue weighted by atomic mass is 19.1. The monoisotopic (exact) mass is 547 g/mol. The summed E-state index contributed by atoms with van der Waals surface area (Å²) in [5.41, 5.74) is 5.11. The first-order chi connectivity index (χ1) is 19.3. The fraction of sp³-hybridized carbons (Fsp3) is 0.467. The maximum Gasteiger partial charge on any atom is 0.266 e. The highest BCUT2D eigenvalue weighted by Crippen LogP contribution is 2.35. The maximum atomic E-state index is 13.2. The van der Waals surface area contributed by atoms with E-state index in [0.29, 0.717) is 24.8 Å². The van der Waals surface area contributed by atoms with Gasteiger partial charge in [0, 0.05) is 62.6 Å². The Kier molecular flexibility index (Phi) is 8.44. The van der Waals surface area contributed by atoms with Crippen LogP contribution in [0.3, 0.4) is 0 Å². The lowest BCUT2D eigenvalue weighted by atomic mass is 9.92. The third kappa shape index (κ3) is 6.17. The number of nitrogens with zero attached hydrogens (tertiary/aromatic N) is 6. The number of ether oxygens (including phenoxy) is 1. The Bertz CT molecular complexity index is 1410. The number of nitrogens with one attached hydrogen (secondary N) is 1. The number of alkyl halides is 1. The Morgan fingerprint density at radius 1 is 1.15 bits per heavy atom. The molecule has 2 fully saturated rings. The summed E-state index contributed by atoms with van der Waals surface area (Å²) in [6.45, 7) is 10.4. The summed E-state index contributed by atoms with van der Waals surface area (Å²) >= 11 is 0. The van der Waals surface area contributed by atoms with E-state index < -0.39 is 6.17 Å². The fourth-order valence-electron chi connectivity index (χ4n) is 5.50. The molecule has 1 saturated carbocycles. The zero-order chi connectivity index (χ0) is 28.2. The van der Waals surface area contributed by atoms with Crippen LogP contribution in [-0.2, 0) is 13.6 Å². The van der Waals surface area contributed by atoms with Crippen molar-refractivity contribution in [3.63, 3.8) is 0 Å². The molecule has 3 aromatic rings. The van der Waals surface area contributed by atoms with Gasteiger partial charge in [0.15, 0.2) is 0 Å². The number of rotatable bonds is 10. The minimum absolute atomic E-state index is 0.0372. The lowest BCUT2D eigenvalue weighted by Gasteiger charge is -2.34. The Morgan fingerprint density at radius 2 is 1.88 bits per heavy atom. The Balaban J connectivity index is 1.36. The van der Waals surface area contributed by atoms with Gasteiger partial charge in [-0.05, 0) is 51.8 Å². The molecule has 0 unspecified atom stereocenters. The standard InChI is InChI=1S/C30H38FN7O2/c1-5-33-27(32-3)16-26-20(2)30(22-8-6-21(7-9-22)17-37-18-23(31)19-37)35-38(26)24-10-12-25(13-11-24)40-28-14-15-29(39)36(4)34-28/h6-9,14-16,23-25,33H,3,5,10-13,17-19H2,1-2,4H3/b27-16+. The molecule has 0 spiro atoms. The molecule has 0 radical (unpaired) electrons. The van der Waals surface area contributed by atoms with Crippen molar-refractivity contribution in [3.05, 3.63) is 69.4 Å². The van der Waals surface area contributed by atoms with Crippen LogP contribution in [0.5, 0.6) is 5.88 Å². The van der Waals surface area contributed by atoms with Crippen molar-refractivity contribution in [2.24, 2.45) is 12.0 Å². The van der Waals surface area contributed by atoms with Crippen LogP contribution in [-0.4, -0.2) is 63.1 Å². The van der Waals surface area contributed by atoms with Gasteiger partial charge in [-0.15, -0.1) is 5.10 Å². The van der Waals surface area contributed by atoms with E-state index >= 15 is 0 Å². The van der Waals surface area contributed by atoms with E-state index in [0.717, 1.165) is 61.3 Å². The quantitative estimate of drug-likeness (QED) is 0.381. The number of likely N-dealkylation sites (tertiary alicyclic amines) is 1. The van der Waals surface area contributed by atoms with E-state index in [1.165, 1.54) is 16.3 Å². The van der Waals surface area contributed by atoms with Crippen molar-refractivity contribution in [2.75, 3.05) is 19.6 Å². The zero-order valence-corrected chi connectivity index (χ0v) is 23.5. The first-order valence-electron chi connectivity index (χ1n) is 14.0. The zero-order valence-electron chi connectivity index (χ0n) is 23.5. The van der Waals surface area contributed by atoms with Gasteiger partial charge in [0.1, 0.15) is 18.1 Å². The molecule has 1 aromatic carbocycles. The third-order valence-electron chi connectivity index (χ3n) is 7.75. The van der Waals surface area contributed by atoms with E-state index in [9.17, 15) is 9.18 Å². The number of hydrogen-bond acceptors (Lipinski definition) is 7. The molecule has 1 aliphatic heterocycles. The van der Waals surface area contributed by atoms with E-state index in [-0.39, 0.29) is 17.7 Å². The summed E-state index contributed by atoms with van der Waals surface area (Å²) in [6, 6.07) is 11.8. The SMILES string of the molecule is C=N/C(=C\c1c(C)c(-c2ccc(CN3CC(F)C3)cc2)nn1C1CCC(Oc2ccc(=O)n(C)n2)CC1)NCC. The lowest BCUT2D eigenvalue weighted by Crippen LogP contribution is -2.47. The predicted octanol–water partition coefficient (Wildman–Crippen LogP) is 4.28. The molecule has 2 aromatic heterocycles. The average molecular weight is 548 g/mol. The molecule has 1 aliphatic carbocycles. The van der Waals surface area contributed by atoms with Crippen LogP contribution in [0.15, 0.2) is 52.0 Å².